The van der Waals surface area contributed by atoms with Gasteiger partial charge in [-0.25, -0.2) is 4.39 Å². The zero-order valence-electron chi connectivity index (χ0n) is 10.2. The maximum atomic E-state index is 12.2. The predicted molar refractivity (Wildman–Crippen MR) is 70.4 cm³/mol. The van der Waals surface area contributed by atoms with Crippen molar-refractivity contribution in [3.05, 3.63) is 30.1 Å². The lowest BCUT2D eigenvalue weighted by Crippen LogP contribution is -2.16. The SMILES string of the molecule is CN(C)CCCN.CSc1ccc(F)cc1. The van der Waals surface area contributed by atoms with E-state index in [1.54, 1.807) is 23.9 Å². The van der Waals surface area contributed by atoms with Crippen molar-refractivity contribution < 1.29 is 4.39 Å². The van der Waals surface area contributed by atoms with E-state index in [0.29, 0.717) is 0 Å². The largest absolute Gasteiger partial charge is 0.330 e. The molecule has 0 spiro atoms. The van der Waals surface area contributed by atoms with Gasteiger partial charge >= 0.3 is 0 Å². The standard InChI is InChI=1S/C7H7FS.C5H14N2/c1-9-7-4-2-6(8)3-5-7;1-7(2)5-3-4-6/h2-5H,1H3;3-6H2,1-2H3. The Hall–Kier alpha value is -0.580. The molecule has 0 saturated heterocycles. The van der Waals surface area contributed by atoms with Gasteiger partial charge in [0.15, 0.2) is 0 Å². The summed E-state index contributed by atoms with van der Waals surface area (Å²) in [5.74, 6) is -0.173. The number of nitrogens with two attached hydrogens (primary N) is 1. The van der Waals surface area contributed by atoms with Gasteiger partial charge in [-0.1, -0.05) is 0 Å². The fraction of sp³-hybridized carbons (Fsp3) is 0.500. The minimum absolute atomic E-state index is 0.173. The zero-order valence-corrected chi connectivity index (χ0v) is 11.1. The van der Waals surface area contributed by atoms with Crippen LogP contribution in [0.4, 0.5) is 4.39 Å². The van der Waals surface area contributed by atoms with E-state index in [-0.39, 0.29) is 5.82 Å². The molecule has 0 bridgehead atoms. The molecule has 0 heterocycles. The Bertz CT molecular complexity index is 262. The van der Waals surface area contributed by atoms with E-state index in [2.05, 4.69) is 19.0 Å². The molecule has 0 radical (unpaired) electrons. The van der Waals surface area contributed by atoms with Gasteiger partial charge in [0.1, 0.15) is 5.82 Å². The molecule has 1 aromatic rings. The molecule has 0 aliphatic rings. The van der Waals surface area contributed by atoms with Crippen LogP contribution >= 0.6 is 11.8 Å². The van der Waals surface area contributed by atoms with Crippen molar-refractivity contribution in [2.24, 2.45) is 5.73 Å². The Balaban J connectivity index is 0.000000293. The number of nitrogens with zero attached hydrogens (tertiary/aromatic N) is 1. The normalized spacial score (nSPS) is 9.88. The minimum atomic E-state index is -0.173. The van der Waals surface area contributed by atoms with Crippen LogP contribution in [-0.4, -0.2) is 38.3 Å². The quantitative estimate of drug-likeness (QED) is 0.825. The van der Waals surface area contributed by atoms with Gasteiger partial charge in [0.25, 0.3) is 0 Å². The third-order valence-electron chi connectivity index (χ3n) is 1.86. The van der Waals surface area contributed by atoms with Crippen molar-refractivity contribution in [1.29, 1.82) is 0 Å². The third-order valence-corrected chi connectivity index (χ3v) is 2.60. The van der Waals surface area contributed by atoms with Crippen LogP contribution in [0.25, 0.3) is 0 Å². The smallest absolute Gasteiger partial charge is 0.123 e. The summed E-state index contributed by atoms with van der Waals surface area (Å²) in [5, 5.41) is 0. The average molecular weight is 244 g/mol. The van der Waals surface area contributed by atoms with Gasteiger partial charge in [-0.2, -0.15) is 0 Å². The van der Waals surface area contributed by atoms with Crippen molar-refractivity contribution in [2.75, 3.05) is 33.4 Å². The van der Waals surface area contributed by atoms with E-state index in [9.17, 15) is 4.39 Å². The van der Waals surface area contributed by atoms with Crippen LogP contribution in [0.2, 0.25) is 0 Å². The van der Waals surface area contributed by atoms with Crippen LogP contribution in [0, 0.1) is 5.82 Å². The van der Waals surface area contributed by atoms with Gasteiger partial charge in [0.2, 0.25) is 0 Å². The van der Waals surface area contributed by atoms with Crippen LogP contribution < -0.4 is 5.73 Å². The molecular formula is C12H21FN2S. The molecule has 92 valence electrons. The highest BCUT2D eigenvalue weighted by atomic mass is 32.2. The van der Waals surface area contributed by atoms with E-state index >= 15 is 0 Å². The van der Waals surface area contributed by atoms with Crippen molar-refractivity contribution >= 4 is 11.8 Å². The van der Waals surface area contributed by atoms with Crippen molar-refractivity contribution in [3.8, 4) is 0 Å². The highest BCUT2D eigenvalue weighted by molar-refractivity contribution is 7.98. The molecule has 0 atom stereocenters. The summed E-state index contributed by atoms with van der Waals surface area (Å²) in [6.07, 6.45) is 3.07. The molecule has 1 aromatic carbocycles. The highest BCUT2D eigenvalue weighted by Crippen LogP contribution is 2.13. The van der Waals surface area contributed by atoms with Gasteiger partial charge in [-0.05, 0) is 64.1 Å². The first-order chi connectivity index (χ1) is 7.60. The van der Waals surface area contributed by atoms with Gasteiger partial charge in [-0.15, -0.1) is 11.8 Å². The fourth-order valence-electron chi connectivity index (χ4n) is 0.978. The van der Waals surface area contributed by atoms with Gasteiger partial charge in [0.05, 0.1) is 0 Å². The van der Waals surface area contributed by atoms with Crippen molar-refractivity contribution in [3.63, 3.8) is 0 Å². The lowest BCUT2D eigenvalue weighted by molar-refractivity contribution is 0.403. The summed E-state index contributed by atoms with van der Waals surface area (Å²) < 4.78 is 12.2. The van der Waals surface area contributed by atoms with Gasteiger partial charge < -0.3 is 10.6 Å². The Morgan fingerprint density at radius 2 is 1.81 bits per heavy atom. The van der Waals surface area contributed by atoms with E-state index < -0.39 is 0 Å². The molecule has 0 unspecified atom stereocenters. The van der Waals surface area contributed by atoms with Crippen LogP contribution in [0.1, 0.15) is 6.42 Å². The van der Waals surface area contributed by atoms with Crippen LogP contribution in [-0.2, 0) is 0 Å². The summed E-state index contributed by atoms with van der Waals surface area (Å²) in [5.41, 5.74) is 5.25. The predicted octanol–water partition coefficient (Wildman–Crippen LogP) is 2.44. The Kier molecular flexibility index (Phi) is 9.28. The average Bonchev–Trinajstić information content (AvgIpc) is 2.28. The summed E-state index contributed by atoms with van der Waals surface area (Å²) >= 11 is 1.61. The molecular weight excluding hydrogens is 223 g/mol. The topological polar surface area (TPSA) is 29.3 Å². The monoisotopic (exact) mass is 244 g/mol. The first-order valence-corrected chi connectivity index (χ1v) is 6.47. The van der Waals surface area contributed by atoms with E-state index in [1.165, 1.54) is 12.1 Å². The molecule has 0 aliphatic carbocycles. The lowest BCUT2D eigenvalue weighted by atomic mass is 10.4. The van der Waals surface area contributed by atoms with E-state index in [4.69, 9.17) is 5.73 Å². The van der Waals surface area contributed by atoms with Gasteiger partial charge in [0, 0.05) is 4.90 Å². The molecule has 0 saturated carbocycles. The van der Waals surface area contributed by atoms with Crippen LogP contribution in [0.3, 0.4) is 0 Å². The Morgan fingerprint density at radius 3 is 2.12 bits per heavy atom. The zero-order chi connectivity index (χ0) is 12.4. The first-order valence-electron chi connectivity index (χ1n) is 5.24. The number of halogens is 1. The number of hydrogen-bond donors (Lipinski definition) is 1. The molecule has 2 N–H and O–H groups in total. The molecule has 16 heavy (non-hydrogen) atoms. The minimum Gasteiger partial charge on any atom is -0.330 e. The summed E-state index contributed by atoms with van der Waals surface area (Å²) in [7, 11) is 4.10. The number of thioether (sulfide) groups is 1. The molecule has 2 nitrogen and oxygen atoms in total. The third kappa shape index (κ3) is 8.71. The molecule has 0 aromatic heterocycles. The summed E-state index contributed by atoms with van der Waals surface area (Å²) in [6, 6.07) is 6.46. The van der Waals surface area contributed by atoms with Crippen molar-refractivity contribution in [1.82, 2.24) is 4.90 Å². The second-order valence-electron chi connectivity index (χ2n) is 3.60. The van der Waals surface area contributed by atoms with Crippen LogP contribution in [0.15, 0.2) is 29.2 Å². The van der Waals surface area contributed by atoms with Crippen LogP contribution in [0.5, 0.6) is 0 Å². The number of rotatable bonds is 4. The Labute approximate surface area is 102 Å². The fourth-order valence-corrected chi connectivity index (χ4v) is 1.39. The second-order valence-corrected chi connectivity index (χ2v) is 4.48. The first kappa shape index (κ1) is 15.4. The highest BCUT2D eigenvalue weighted by Gasteiger charge is 1.88. The van der Waals surface area contributed by atoms with E-state index in [0.717, 1.165) is 24.4 Å². The van der Waals surface area contributed by atoms with E-state index in [1.807, 2.05) is 6.26 Å². The number of hydrogen-bond acceptors (Lipinski definition) is 3. The van der Waals surface area contributed by atoms with Gasteiger partial charge in [-0.3, -0.25) is 0 Å². The van der Waals surface area contributed by atoms with Crippen molar-refractivity contribution in [2.45, 2.75) is 11.3 Å². The molecule has 1 rings (SSSR count). The summed E-state index contributed by atoms with van der Waals surface area (Å²) in [6.45, 7) is 1.91. The molecule has 0 amide bonds. The summed E-state index contributed by atoms with van der Waals surface area (Å²) in [4.78, 5) is 3.23. The maximum Gasteiger partial charge on any atom is 0.123 e. The lowest BCUT2D eigenvalue weighted by Gasteiger charge is -2.05. The number of benzene rings is 1. The molecule has 4 heteroatoms. The molecule has 0 fully saturated rings. The Morgan fingerprint density at radius 1 is 1.25 bits per heavy atom. The second kappa shape index (κ2) is 9.63. The molecule has 0 aliphatic heterocycles. The maximum absolute atomic E-state index is 12.2.